The average Bonchev–Trinajstić information content (AvgIpc) is 2.94. The number of nitrogens with zero attached hydrogens (tertiary/aromatic N) is 1. The zero-order chi connectivity index (χ0) is 12.2. The van der Waals surface area contributed by atoms with Gasteiger partial charge in [-0.3, -0.25) is 9.69 Å². The third-order valence-corrected chi connectivity index (χ3v) is 3.37. The molecule has 0 aliphatic heterocycles. The lowest BCUT2D eigenvalue weighted by Crippen LogP contribution is -2.36. The third-order valence-electron chi connectivity index (χ3n) is 2.45. The summed E-state index contributed by atoms with van der Waals surface area (Å²) in [5.41, 5.74) is 0. The molecule has 1 rings (SSSR count). The highest BCUT2D eigenvalue weighted by Crippen LogP contribution is 2.26. The maximum atomic E-state index is 11.3. The molecule has 1 fully saturated rings. The van der Waals surface area contributed by atoms with E-state index in [1.165, 1.54) is 6.26 Å². The van der Waals surface area contributed by atoms with Crippen LogP contribution in [0.4, 0.5) is 0 Å². The Morgan fingerprint density at radius 3 is 2.50 bits per heavy atom. The van der Waals surface area contributed by atoms with Gasteiger partial charge in [-0.2, -0.15) is 0 Å². The van der Waals surface area contributed by atoms with E-state index >= 15 is 0 Å². The number of sulfone groups is 1. The summed E-state index contributed by atoms with van der Waals surface area (Å²) in [4.78, 5) is 13.2. The van der Waals surface area contributed by atoms with Gasteiger partial charge in [-0.05, 0) is 19.8 Å². The van der Waals surface area contributed by atoms with Crippen molar-refractivity contribution >= 4 is 15.8 Å². The molecule has 6 heteroatoms. The first-order valence-corrected chi connectivity index (χ1v) is 7.56. The normalized spacial score (nSPS) is 16.4. The van der Waals surface area contributed by atoms with E-state index in [0.717, 1.165) is 12.8 Å². The van der Waals surface area contributed by atoms with Gasteiger partial charge in [0, 0.05) is 18.8 Å². The standard InChI is InChI=1S/C10H19NO4S/c1-3-15-10(12)8-11(9-4-5-9)6-7-16(2,13)14/h9H,3-8H2,1-2H3. The molecule has 16 heavy (non-hydrogen) atoms. The van der Waals surface area contributed by atoms with Crippen molar-refractivity contribution in [3.05, 3.63) is 0 Å². The predicted molar refractivity (Wildman–Crippen MR) is 60.9 cm³/mol. The smallest absolute Gasteiger partial charge is 0.320 e. The Morgan fingerprint density at radius 2 is 2.06 bits per heavy atom. The molecule has 0 N–H and O–H groups in total. The van der Waals surface area contributed by atoms with E-state index in [2.05, 4.69) is 0 Å². The summed E-state index contributed by atoms with van der Waals surface area (Å²) in [5, 5.41) is 0. The topological polar surface area (TPSA) is 63.7 Å². The summed E-state index contributed by atoms with van der Waals surface area (Å²) < 4.78 is 26.9. The maximum absolute atomic E-state index is 11.3. The third kappa shape index (κ3) is 5.46. The fourth-order valence-corrected chi connectivity index (χ4v) is 2.05. The van der Waals surface area contributed by atoms with Crippen LogP contribution in [0.2, 0.25) is 0 Å². The first-order chi connectivity index (χ1) is 7.42. The van der Waals surface area contributed by atoms with Gasteiger partial charge in [0.15, 0.2) is 0 Å². The molecule has 1 aliphatic carbocycles. The molecule has 0 aromatic heterocycles. The molecule has 0 radical (unpaired) electrons. The fraction of sp³-hybridized carbons (Fsp3) is 0.900. The van der Waals surface area contributed by atoms with Crippen LogP contribution in [0.1, 0.15) is 19.8 Å². The van der Waals surface area contributed by atoms with Crippen molar-refractivity contribution in [2.45, 2.75) is 25.8 Å². The van der Waals surface area contributed by atoms with Crippen LogP contribution in [-0.2, 0) is 19.4 Å². The molecule has 0 amide bonds. The highest BCUT2D eigenvalue weighted by molar-refractivity contribution is 7.90. The van der Waals surface area contributed by atoms with E-state index in [4.69, 9.17) is 4.74 Å². The Bertz CT molecular complexity index is 335. The van der Waals surface area contributed by atoms with Crippen LogP contribution in [0.25, 0.3) is 0 Å². The lowest BCUT2D eigenvalue weighted by atomic mass is 10.4. The molecule has 0 atom stereocenters. The van der Waals surface area contributed by atoms with Gasteiger partial charge in [-0.25, -0.2) is 8.42 Å². The molecule has 1 aliphatic rings. The van der Waals surface area contributed by atoms with E-state index in [0.29, 0.717) is 19.2 Å². The van der Waals surface area contributed by atoms with Crippen LogP contribution in [0, 0.1) is 0 Å². The molecule has 0 saturated heterocycles. The number of carbonyl (C=O) groups is 1. The van der Waals surface area contributed by atoms with E-state index < -0.39 is 9.84 Å². The summed E-state index contributed by atoms with van der Waals surface area (Å²) >= 11 is 0. The molecule has 0 bridgehead atoms. The molecule has 0 aromatic carbocycles. The SMILES string of the molecule is CCOC(=O)CN(CCS(C)(=O)=O)C1CC1. The summed E-state index contributed by atoms with van der Waals surface area (Å²) in [7, 11) is -2.97. The zero-order valence-corrected chi connectivity index (χ0v) is 10.6. The van der Waals surface area contributed by atoms with Gasteiger partial charge in [0.25, 0.3) is 0 Å². The van der Waals surface area contributed by atoms with Crippen molar-refractivity contribution in [3.63, 3.8) is 0 Å². The number of esters is 1. The Morgan fingerprint density at radius 1 is 1.44 bits per heavy atom. The summed E-state index contributed by atoms with van der Waals surface area (Å²) in [6.07, 6.45) is 3.30. The second-order valence-electron chi connectivity index (χ2n) is 4.14. The molecule has 1 saturated carbocycles. The Hall–Kier alpha value is -0.620. The minimum atomic E-state index is -2.97. The van der Waals surface area contributed by atoms with Gasteiger partial charge in [-0.1, -0.05) is 0 Å². The first-order valence-electron chi connectivity index (χ1n) is 5.49. The lowest BCUT2D eigenvalue weighted by molar-refractivity contribution is -0.144. The number of hydrogen-bond acceptors (Lipinski definition) is 5. The second-order valence-corrected chi connectivity index (χ2v) is 6.40. The highest BCUT2D eigenvalue weighted by Gasteiger charge is 2.30. The number of hydrogen-bond donors (Lipinski definition) is 0. The van der Waals surface area contributed by atoms with Crippen LogP contribution in [0.3, 0.4) is 0 Å². The molecular weight excluding hydrogens is 230 g/mol. The minimum absolute atomic E-state index is 0.100. The fourth-order valence-electron chi connectivity index (χ4n) is 1.49. The first kappa shape index (κ1) is 13.4. The highest BCUT2D eigenvalue weighted by atomic mass is 32.2. The number of ether oxygens (including phenoxy) is 1. The molecule has 94 valence electrons. The summed E-state index contributed by atoms with van der Waals surface area (Å²) in [5.74, 6) is -0.175. The Labute approximate surface area is 96.7 Å². The molecule has 0 spiro atoms. The van der Waals surface area contributed by atoms with Gasteiger partial charge in [-0.15, -0.1) is 0 Å². The molecule has 5 nitrogen and oxygen atoms in total. The maximum Gasteiger partial charge on any atom is 0.320 e. The Balaban J connectivity index is 2.39. The van der Waals surface area contributed by atoms with Crippen molar-refractivity contribution in [2.75, 3.05) is 31.7 Å². The molecule has 0 heterocycles. The van der Waals surface area contributed by atoms with Gasteiger partial charge in [0.1, 0.15) is 9.84 Å². The largest absolute Gasteiger partial charge is 0.465 e. The van der Waals surface area contributed by atoms with E-state index in [1.54, 1.807) is 6.92 Å². The van der Waals surface area contributed by atoms with E-state index in [-0.39, 0.29) is 18.3 Å². The van der Waals surface area contributed by atoms with Crippen LogP contribution >= 0.6 is 0 Å². The summed E-state index contributed by atoms with van der Waals surface area (Å²) in [6.45, 7) is 2.75. The van der Waals surface area contributed by atoms with E-state index in [1.807, 2.05) is 4.90 Å². The van der Waals surface area contributed by atoms with Crippen molar-refractivity contribution in [1.29, 1.82) is 0 Å². The van der Waals surface area contributed by atoms with Crippen molar-refractivity contribution < 1.29 is 17.9 Å². The average molecular weight is 249 g/mol. The number of rotatable bonds is 7. The van der Waals surface area contributed by atoms with Gasteiger partial charge >= 0.3 is 5.97 Å². The van der Waals surface area contributed by atoms with Crippen molar-refractivity contribution in [1.82, 2.24) is 4.90 Å². The number of carbonyl (C=O) groups excluding carboxylic acids is 1. The van der Waals surface area contributed by atoms with Gasteiger partial charge < -0.3 is 4.74 Å². The monoisotopic (exact) mass is 249 g/mol. The zero-order valence-electron chi connectivity index (χ0n) is 9.81. The van der Waals surface area contributed by atoms with Crippen LogP contribution in [-0.4, -0.2) is 57.0 Å². The van der Waals surface area contributed by atoms with Crippen LogP contribution in [0.15, 0.2) is 0 Å². The van der Waals surface area contributed by atoms with Gasteiger partial charge in [0.05, 0.1) is 18.9 Å². The minimum Gasteiger partial charge on any atom is -0.465 e. The quantitative estimate of drug-likeness (QED) is 0.597. The molecule has 0 unspecified atom stereocenters. The predicted octanol–water partition coefficient (Wildman–Crippen LogP) is 0.0585. The van der Waals surface area contributed by atoms with Gasteiger partial charge in [0.2, 0.25) is 0 Å². The van der Waals surface area contributed by atoms with Crippen LogP contribution < -0.4 is 0 Å². The van der Waals surface area contributed by atoms with E-state index in [9.17, 15) is 13.2 Å². The summed E-state index contributed by atoms with van der Waals surface area (Å²) in [6, 6.07) is 0.367. The molecule has 0 aromatic rings. The lowest BCUT2D eigenvalue weighted by Gasteiger charge is -2.20. The molecular formula is C10H19NO4S. The second kappa shape index (κ2) is 5.63. The van der Waals surface area contributed by atoms with Crippen molar-refractivity contribution in [2.24, 2.45) is 0 Å². The Kier molecular flexibility index (Phi) is 4.73. The van der Waals surface area contributed by atoms with Crippen molar-refractivity contribution in [3.8, 4) is 0 Å². The van der Waals surface area contributed by atoms with Crippen LogP contribution in [0.5, 0.6) is 0 Å².